The second-order valence-corrected chi connectivity index (χ2v) is 13.9. The zero-order valence-corrected chi connectivity index (χ0v) is 28.7. The van der Waals surface area contributed by atoms with E-state index in [0.717, 1.165) is 77.3 Å². The molecule has 11 aromatic rings. The van der Waals surface area contributed by atoms with E-state index < -0.39 is 0 Å². The van der Waals surface area contributed by atoms with Gasteiger partial charge in [0.15, 0.2) is 17.5 Å². The van der Waals surface area contributed by atoms with E-state index in [-0.39, 0.29) is 0 Å². The molecule has 0 N–H and O–H groups in total. The van der Waals surface area contributed by atoms with E-state index in [4.69, 9.17) is 23.8 Å². The van der Waals surface area contributed by atoms with E-state index >= 15 is 0 Å². The third kappa shape index (κ3) is 4.24. The van der Waals surface area contributed by atoms with Crippen LogP contribution in [0.5, 0.6) is 0 Å². The average Bonchev–Trinajstić information content (AvgIpc) is 3.91. The van der Waals surface area contributed by atoms with Gasteiger partial charge in [0.1, 0.15) is 22.3 Å². The minimum Gasteiger partial charge on any atom is -0.456 e. The lowest BCUT2D eigenvalue weighted by molar-refractivity contribution is 0.668. The van der Waals surface area contributed by atoms with Gasteiger partial charge in [0.2, 0.25) is 0 Å². The zero-order valence-electron chi connectivity index (χ0n) is 28.7. The molecule has 54 heavy (non-hydrogen) atoms. The van der Waals surface area contributed by atoms with Crippen molar-refractivity contribution in [3.63, 3.8) is 0 Å². The van der Waals surface area contributed by atoms with Gasteiger partial charge in [-0.15, -0.1) is 0 Å². The van der Waals surface area contributed by atoms with E-state index in [0.29, 0.717) is 17.5 Å². The summed E-state index contributed by atoms with van der Waals surface area (Å²) in [6.45, 7) is 0. The Labute approximate surface area is 308 Å². The van der Waals surface area contributed by atoms with Crippen LogP contribution in [0.2, 0.25) is 0 Å². The molecule has 0 unspecified atom stereocenters. The first kappa shape index (κ1) is 29.2. The first-order chi connectivity index (χ1) is 26.7. The molecule has 0 atom stereocenters. The fourth-order valence-corrected chi connectivity index (χ4v) is 8.45. The Morgan fingerprint density at radius 1 is 0.315 bits per heavy atom. The van der Waals surface area contributed by atoms with Crippen molar-refractivity contribution in [2.45, 2.75) is 0 Å². The minimum atomic E-state index is 0.586. The molecule has 5 heteroatoms. The van der Waals surface area contributed by atoms with Crippen LogP contribution in [-0.4, -0.2) is 15.0 Å². The predicted octanol–water partition coefficient (Wildman–Crippen LogP) is 13.1. The molecule has 0 bridgehead atoms. The molecule has 3 aromatic heterocycles. The molecule has 0 fully saturated rings. The molecular formula is C49H27N3O2. The minimum absolute atomic E-state index is 0.586. The molecule has 8 aromatic carbocycles. The topological polar surface area (TPSA) is 65.0 Å². The summed E-state index contributed by atoms with van der Waals surface area (Å²) in [5.41, 5.74) is 13.0. The maximum atomic E-state index is 6.37. The summed E-state index contributed by atoms with van der Waals surface area (Å²) >= 11 is 0. The van der Waals surface area contributed by atoms with Crippen LogP contribution < -0.4 is 0 Å². The van der Waals surface area contributed by atoms with Crippen LogP contribution in [0, 0.1) is 0 Å². The van der Waals surface area contributed by atoms with Gasteiger partial charge in [0.25, 0.3) is 0 Å². The molecule has 1 aliphatic rings. The number of nitrogens with zero attached hydrogens (tertiary/aromatic N) is 3. The highest BCUT2D eigenvalue weighted by atomic mass is 16.3. The van der Waals surface area contributed by atoms with Gasteiger partial charge in [-0.05, 0) is 81.1 Å². The van der Waals surface area contributed by atoms with Gasteiger partial charge in [0.05, 0.1) is 0 Å². The lowest BCUT2D eigenvalue weighted by Gasteiger charge is -2.16. The number of para-hydroxylation sites is 2. The predicted molar refractivity (Wildman–Crippen MR) is 218 cm³/mol. The Hall–Kier alpha value is -7.37. The third-order valence-corrected chi connectivity index (χ3v) is 10.9. The van der Waals surface area contributed by atoms with Gasteiger partial charge in [-0.3, -0.25) is 0 Å². The fraction of sp³-hybridized carbons (Fsp3) is 0. The summed E-state index contributed by atoms with van der Waals surface area (Å²) in [5.74, 6) is 1.81. The van der Waals surface area contributed by atoms with Crippen molar-refractivity contribution in [2.75, 3.05) is 0 Å². The molecule has 0 aliphatic heterocycles. The van der Waals surface area contributed by atoms with Gasteiger partial charge >= 0.3 is 0 Å². The summed E-state index contributed by atoms with van der Waals surface area (Å²) in [6, 6.07) is 56.8. The summed E-state index contributed by atoms with van der Waals surface area (Å²) in [7, 11) is 0. The second-order valence-electron chi connectivity index (χ2n) is 13.9. The van der Waals surface area contributed by atoms with Crippen LogP contribution in [-0.2, 0) is 0 Å². The molecule has 0 radical (unpaired) electrons. The standard InChI is InChI=1S/C49H27N3O2/c1-2-10-29(11-3-1)47-50-48(31-21-23-36-34-15-5-7-19-41(34)54-43(36)27-31)52-49(51-47)39-25-24-32(30-20-22-35-33-14-4-6-18-40(33)53-42(35)26-30)45-37-16-8-12-28-13-9-17-38(44(28)37)46(39)45/h1-27H. The smallest absolute Gasteiger partial charge is 0.164 e. The molecule has 12 rings (SSSR count). The van der Waals surface area contributed by atoms with Crippen LogP contribution in [0.1, 0.15) is 0 Å². The van der Waals surface area contributed by atoms with E-state index in [2.05, 4.69) is 97.1 Å². The van der Waals surface area contributed by atoms with Crippen molar-refractivity contribution in [1.82, 2.24) is 15.0 Å². The Morgan fingerprint density at radius 2 is 0.833 bits per heavy atom. The Balaban J connectivity index is 1.11. The van der Waals surface area contributed by atoms with Gasteiger partial charge in [0, 0.05) is 43.8 Å². The molecule has 0 amide bonds. The first-order valence-electron chi connectivity index (χ1n) is 18.1. The SMILES string of the molecule is c1ccc(-c2nc(-c3ccc4c(c3)oc3ccccc34)nc(-c3ccc(-c4ccc5c(c4)oc4ccccc45)c4c3-c3cccc5cccc-4c35)n2)cc1. The fourth-order valence-electron chi connectivity index (χ4n) is 8.45. The van der Waals surface area contributed by atoms with Crippen molar-refractivity contribution < 1.29 is 8.83 Å². The molecule has 1 aliphatic carbocycles. The first-order valence-corrected chi connectivity index (χ1v) is 18.1. The van der Waals surface area contributed by atoms with Crippen molar-refractivity contribution in [1.29, 1.82) is 0 Å². The molecule has 250 valence electrons. The van der Waals surface area contributed by atoms with Gasteiger partial charge < -0.3 is 8.83 Å². The third-order valence-electron chi connectivity index (χ3n) is 10.9. The summed E-state index contributed by atoms with van der Waals surface area (Å²) < 4.78 is 12.7. The van der Waals surface area contributed by atoms with Crippen LogP contribution in [0.25, 0.3) is 122 Å². The lowest BCUT2D eigenvalue weighted by atomic mass is 9.89. The number of hydrogen-bond acceptors (Lipinski definition) is 5. The number of aromatic nitrogens is 3. The number of hydrogen-bond donors (Lipinski definition) is 0. The monoisotopic (exact) mass is 689 g/mol. The van der Waals surface area contributed by atoms with Gasteiger partial charge in [-0.25, -0.2) is 15.0 Å². The molecule has 3 heterocycles. The largest absolute Gasteiger partial charge is 0.456 e. The zero-order chi connectivity index (χ0) is 35.3. The second kappa shape index (κ2) is 11.1. The molecular weight excluding hydrogens is 663 g/mol. The normalized spacial score (nSPS) is 12.1. The van der Waals surface area contributed by atoms with Crippen LogP contribution in [0.15, 0.2) is 173 Å². The molecule has 0 saturated heterocycles. The number of fused-ring (bicyclic) bond motifs is 9. The van der Waals surface area contributed by atoms with Crippen molar-refractivity contribution in [3.8, 4) is 67.5 Å². The summed E-state index contributed by atoms with van der Waals surface area (Å²) in [4.78, 5) is 15.5. The number of furan rings is 2. The van der Waals surface area contributed by atoms with Crippen molar-refractivity contribution >= 4 is 54.6 Å². The van der Waals surface area contributed by atoms with Crippen molar-refractivity contribution in [2.24, 2.45) is 0 Å². The Kier molecular flexibility index (Phi) is 5.99. The van der Waals surface area contributed by atoms with E-state index in [1.165, 1.54) is 27.5 Å². The quantitative estimate of drug-likeness (QED) is 0.184. The van der Waals surface area contributed by atoms with Crippen LogP contribution >= 0.6 is 0 Å². The molecule has 5 nitrogen and oxygen atoms in total. The lowest BCUT2D eigenvalue weighted by Crippen LogP contribution is -2.01. The number of benzene rings is 8. The van der Waals surface area contributed by atoms with Gasteiger partial charge in [-0.2, -0.15) is 0 Å². The van der Waals surface area contributed by atoms with Crippen LogP contribution in [0.4, 0.5) is 0 Å². The Morgan fingerprint density at radius 3 is 1.52 bits per heavy atom. The Bertz CT molecular complexity index is 3330. The van der Waals surface area contributed by atoms with E-state index in [9.17, 15) is 0 Å². The highest BCUT2D eigenvalue weighted by Gasteiger charge is 2.29. The van der Waals surface area contributed by atoms with Crippen LogP contribution in [0.3, 0.4) is 0 Å². The average molecular weight is 690 g/mol. The highest BCUT2D eigenvalue weighted by Crippen LogP contribution is 2.54. The number of rotatable bonds is 4. The van der Waals surface area contributed by atoms with E-state index in [1.807, 2.05) is 66.7 Å². The van der Waals surface area contributed by atoms with Crippen molar-refractivity contribution in [3.05, 3.63) is 164 Å². The summed E-state index contributed by atoms with van der Waals surface area (Å²) in [5, 5.41) is 6.82. The summed E-state index contributed by atoms with van der Waals surface area (Å²) in [6.07, 6.45) is 0. The van der Waals surface area contributed by atoms with E-state index in [1.54, 1.807) is 0 Å². The maximum Gasteiger partial charge on any atom is 0.164 e. The van der Waals surface area contributed by atoms with Gasteiger partial charge in [-0.1, -0.05) is 121 Å². The molecule has 0 spiro atoms. The molecule has 0 saturated carbocycles. The highest BCUT2D eigenvalue weighted by molar-refractivity contribution is 6.21. The maximum absolute atomic E-state index is 6.37.